The first-order valence-corrected chi connectivity index (χ1v) is 7.17. The largest absolute Gasteiger partial charge is 0.385 e. The highest BCUT2D eigenvalue weighted by molar-refractivity contribution is 7.90. The molecule has 16 heavy (non-hydrogen) atoms. The van der Waals surface area contributed by atoms with E-state index in [2.05, 4.69) is 5.32 Å². The second kappa shape index (κ2) is 5.86. The van der Waals surface area contributed by atoms with Crippen LogP contribution in [0.1, 0.15) is 12.8 Å². The van der Waals surface area contributed by atoms with E-state index >= 15 is 0 Å². The van der Waals surface area contributed by atoms with Crippen molar-refractivity contribution in [2.75, 3.05) is 24.7 Å². The Morgan fingerprint density at radius 3 is 2.31 bits per heavy atom. The van der Waals surface area contributed by atoms with E-state index in [0.29, 0.717) is 11.4 Å². The van der Waals surface area contributed by atoms with Gasteiger partial charge in [0.05, 0.1) is 4.90 Å². The smallest absolute Gasteiger partial charge is 0.175 e. The summed E-state index contributed by atoms with van der Waals surface area (Å²) in [7, 11) is -3.09. The second-order valence-electron chi connectivity index (χ2n) is 3.72. The van der Waals surface area contributed by atoms with Gasteiger partial charge in [-0.2, -0.15) is 0 Å². The highest BCUT2D eigenvalue weighted by Gasteiger charge is 2.05. The lowest BCUT2D eigenvalue weighted by atomic mass is 10.3. The molecule has 3 N–H and O–H groups in total. The molecule has 0 heterocycles. The van der Waals surface area contributed by atoms with Crippen LogP contribution in [0.2, 0.25) is 0 Å². The van der Waals surface area contributed by atoms with Crippen LogP contribution in [0.15, 0.2) is 29.2 Å². The molecule has 0 unspecified atom stereocenters. The van der Waals surface area contributed by atoms with Gasteiger partial charge in [-0.25, -0.2) is 8.42 Å². The highest BCUT2D eigenvalue weighted by atomic mass is 32.2. The molecule has 0 aliphatic heterocycles. The number of hydrogen-bond donors (Lipinski definition) is 2. The lowest BCUT2D eigenvalue weighted by molar-refractivity contribution is 0.602. The van der Waals surface area contributed by atoms with E-state index in [1.165, 1.54) is 6.26 Å². The number of sulfone groups is 1. The molecule has 5 heteroatoms. The van der Waals surface area contributed by atoms with Crippen LogP contribution in [0, 0.1) is 0 Å². The summed E-state index contributed by atoms with van der Waals surface area (Å²) in [5.41, 5.74) is 6.32. The standard InChI is InChI=1S/C11H18N2O2S/c1-16(14,15)11-6-4-10(5-7-11)13-9-3-2-8-12/h4-7,13H,2-3,8-9,12H2,1H3. The van der Waals surface area contributed by atoms with Gasteiger partial charge in [-0.15, -0.1) is 0 Å². The van der Waals surface area contributed by atoms with Crippen LogP contribution in [0.5, 0.6) is 0 Å². The van der Waals surface area contributed by atoms with E-state index in [1.54, 1.807) is 24.3 Å². The summed E-state index contributed by atoms with van der Waals surface area (Å²) in [6.07, 6.45) is 3.22. The van der Waals surface area contributed by atoms with Crippen LogP contribution in [-0.4, -0.2) is 27.8 Å². The molecule has 1 aromatic rings. The number of hydrogen-bond acceptors (Lipinski definition) is 4. The lowest BCUT2D eigenvalue weighted by Gasteiger charge is -2.06. The van der Waals surface area contributed by atoms with E-state index in [0.717, 1.165) is 25.1 Å². The van der Waals surface area contributed by atoms with Gasteiger partial charge in [-0.05, 0) is 43.7 Å². The molecule has 0 aliphatic rings. The minimum absolute atomic E-state index is 0.347. The van der Waals surface area contributed by atoms with Gasteiger partial charge in [0.1, 0.15) is 0 Å². The minimum atomic E-state index is -3.09. The van der Waals surface area contributed by atoms with Crippen molar-refractivity contribution in [2.45, 2.75) is 17.7 Å². The molecule has 4 nitrogen and oxygen atoms in total. The Hall–Kier alpha value is -1.07. The van der Waals surface area contributed by atoms with Gasteiger partial charge in [-0.3, -0.25) is 0 Å². The molecule has 1 aromatic carbocycles. The number of rotatable bonds is 6. The summed E-state index contributed by atoms with van der Waals surface area (Å²) < 4.78 is 22.4. The maximum Gasteiger partial charge on any atom is 0.175 e. The Bertz CT molecular complexity index is 412. The molecular formula is C11H18N2O2S. The summed E-state index contributed by atoms with van der Waals surface area (Å²) in [5, 5.41) is 3.21. The van der Waals surface area contributed by atoms with Gasteiger partial charge in [-0.1, -0.05) is 0 Å². The molecule has 0 atom stereocenters. The fraction of sp³-hybridized carbons (Fsp3) is 0.455. The average Bonchev–Trinajstić information content (AvgIpc) is 2.24. The Kier molecular flexibility index (Phi) is 4.76. The predicted molar refractivity (Wildman–Crippen MR) is 66.3 cm³/mol. The SMILES string of the molecule is CS(=O)(=O)c1ccc(NCCCCN)cc1. The maximum atomic E-state index is 11.2. The van der Waals surface area contributed by atoms with Gasteiger partial charge in [0.25, 0.3) is 0 Å². The Morgan fingerprint density at radius 2 is 1.81 bits per heavy atom. The molecule has 90 valence electrons. The molecular weight excluding hydrogens is 224 g/mol. The summed E-state index contributed by atoms with van der Waals surface area (Å²) in [6.45, 7) is 1.56. The van der Waals surface area contributed by atoms with Crippen molar-refractivity contribution >= 4 is 15.5 Å². The number of anilines is 1. The zero-order chi connectivity index (χ0) is 12.0. The van der Waals surface area contributed by atoms with Crippen molar-refractivity contribution in [1.82, 2.24) is 0 Å². The fourth-order valence-electron chi connectivity index (χ4n) is 1.32. The topological polar surface area (TPSA) is 72.2 Å². The summed E-state index contributed by atoms with van der Waals surface area (Å²) in [6, 6.07) is 6.78. The minimum Gasteiger partial charge on any atom is -0.385 e. The van der Waals surface area contributed by atoms with Crippen LogP contribution in [0.3, 0.4) is 0 Å². The quantitative estimate of drug-likeness (QED) is 0.736. The van der Waals surface area contributed by atoms with E-state index in [4.69, 9.17) is 5.73 Å². The first-order chi connectivity index (χ1) is 7.54. The summed E-state index contributed by atoms with van der Waals surface area (Å²) in [4.78, 5) is 0.347. The summed E-state index contributed by atoms with van der Waals surface area (Å²) >= 11 is 0. The van der Waals surface area contributed by atoms with Crippen molar-refractivity contribution in [1.29, 1.82) is 0 Å². The van der Waals surface area contributed by atoms with E-state index in [-0.39, 0.29) is 0 Å². The maximum absolute atomic E-state index is 11.2. The van der Waals surface area contributed by atoms with Crippen LogP contribution < -0.4 is 11.1 Å². The number of nitrogens with one attached hydrogen (secondary N) is 1. The molecule has 0 aromatic heterocycles. The van der Waals surface area contributed by atoms with E-state index in [9.17, 15) is 8.42 Å². The zero-order valence-corrected chi connectivity index (χ0v) is 10.3. The monoisotopic (exact) mass is 242 g/mol. The fourth-order valence-corrected chi connectivity index (χ4v) is 1.95. The van der Waals surface area contributed by atoms with Crippen LogP contribution in [0.25, 0.3) is 0 Å². The molecule has 1 rings (SSSR count). The molecule has 0 aliphatic carbocycles. The lowest BCUT2D eigenvalue weighted by Crippen LogP contribution is -2.05. The number of unbranched alkanes of at least 4 members (excludes halogenated alkanes) is 1. The molecule has 0 fully saturated rings. The molecule has 0 spiro atoms. The Morgan fingerprint density at radius 1 is 1.19 bits per heavy atom. The second-order valence-corrected chi connectivity index (χ2v) is 5.73. The third-order valence-corrected chi connectivity index (χ3v) is 3.37. The molecule has 0 radical (unpaired) electrons. The van der Waals surface area contributed by atoms with Crippen molar-refractivity contribution < 1.29 is 8.42 Å². The number of benzene rings is 1. The van der Waals surface area contributed by atoms with Crippen LogP contribution >= 0.6 is 0 Å². The molecule has 0 saturated carbocycles. The van der Waals surface area contributed by atoms with Gasteiger partial charge < -0.3 is 11.1 Å². The summed E-state index contributed by atoms with van der Waals surface area (Å²) in [5.74, 6) is 0. The third kappa shape index (κ3) is 4.20. The number of nitrogens with two attached hydrogens (primary N) is 1. The Labute approximate surface area is 96.8 Å². The first kappa shape index (κ1) is 13.0. The van der Waals surface area contributed by atoms with Gasteiger partial charge in [0.2, 0.25) is 0 Å². The van der Waals surface area contributed by atoms with Gasteiger partial charge in [0, 0.05) is 18.5 Å². The third-order valence-electron chi connectivity index (χ3n) is 2.24. The van der Waals surface area contributed by atoms with Crippen molar-refractivity contribution in [2.24, 2.45) is 5.73 Å². The molecule has 0 saturated heterocycles. The zero-order valence-electron chi connectivity index (χ0n) is 9.44. The molecule has 0 amide bonds. The van der Waals surface area contributed by atoms with Crippen LogP contribution in [0.4, 0.5) is 5.69 Å². The van der Waals surface area contributed by atoms with Crippen molar-refractivity contribution in [3.8, 4) is 0 Å². The Balaban J connectivity index is 2.52. The first-order valence-electron chi connectivity index (χ1n) is 5.28. The highest BCUT2D eigenvalue weighted by Crippen LogP contribution is 2.13. The molecule has 0 bridgehead atoms. The van der Waals surface area contributed by atoms with E-state index < -0.39 is 9.84 Å². The van der Waals surface area contributed by atoms with Gasteiger partial charge in [0.15, 0.2) is 9.84 Å². The van der Waals surface area contributed by atoms with Crippen molar-refractivity contribution in [3.05, 3.63) is 24.3 Å². The van der Waals surface area contributed by atoms with Gasteiger partial charge >= 0.3 is 0 Å². The van der Waals surface area contributed by atoms with Crippen molar-refractivity contribution in [3.63, 3.8) is 0 Å². The predicted octanol–water partition coefficient (Wildman–Crippen LogP) is 1.24. The normalized spacial score (nSPS) is 11.4. The average molecular weight is 242 g/mol. The van der Waals surface area contributed by atoms with Crippen LogP contribution in [-0.2, 0) is 9.84 Å². The van der Waals surface area contributed by atoms with E-state index in [1.807, 2.05) is 0 Å².